The van der Waals surface area contributed by atoms with Crippen LogP contribution in [0.25, 0.3) is 0 Å². The standard InChI is InChI=1S/C21H31N3O3S/c1-23-13-18(28(26,27)24-5-3-2-4-6-24)12-19(23)21(25)22-20-16-8-14-7-15(10-16)11-17(20)9-14/h12-17,20H,2-11H2,1H3,(H,22,25). The van der Waals surface area contributed by atoms with Gasteiger partial charge in [-0.1, -0.05) is 6.42 Å². The van der Waals surface area contributed by atoms with Crippen molar-refractivity contribution in [2.75, 3.05) is 13.1 Å². The summed E-state index contributed by atoms with van der Waals surface area (Å²) in [5.74, 6) is 2.83. The minimum atomic E-state index is -3.51. The highest BCUT2D eigenvalue weighted by Crippen LogP contribution is 2.53. The Morgan fingerprint density at radius 2 is 1.61 bits per heavy atom. The summed E-state index contributed by atoms with van der Waals surface area (Å²) in [6, 6.07) is 1.83. The largest absolute Gasteiger partial charge is 0.347 e. The van der Waals surface area contributed by atoms with Gasteiger partial charge in [-0.2, -0.15) is 4.31 Å². The van der Waals surface area contributed by atoms with Gasteiger partial charge in [-0.25, -0.2) is 8.42 Å². The number of amides is 1. The van der Waals surface area contributed by atoms with Gasteiger partial charge in [0.1, 0.15) is 10.6 Å². The zero-order valence-electron chi connectivity index (χ0n) is 16.6. The van der Waals surface area contributed by atoms with Crippen LogP contribution in [0.3, 0.4) is 0 Å². The van der Waals surface area contributed by atoms with Crippen molar-refractivity contribution in [3.63, 3.8) is 0 Å². The number of aryl methyl sites for hydroxylation is 1. The molecule has 1 saturated heterocycles. The van der Waals surface area contributed by atoms with Crippen LogP contribution >= 0.6 is 0 Å². The Kier molecular flexibility index (Phi) is 4.58. The molecule has 1 aromatic heterocycles. The number of nitrogens with one attached hydrogen (secondary N) is 1. The molecule has 7 heteroatoms. The van der Waals surface area contributed by atoms with Crippen LogP contribution in [-0.4, -0.2) is 42.3 Å². The first-order valence-corrected chi connectivity index (χ1v) is 12.3. The lowest BCUT2D eigenvalue weighted by atomic mass is 9.54. The van der Waals surface area contributed by atoms with E-state index in [0.29, 0.717) is 30.6 Å². The van der Waals surface area contributed by atoms with Gasteiger partial charge in [0.05, 0.1) is 0 Å². The van der Waals surface area contributed by atoms with E-state index < -0.39 is 10.0 Å². The Hall–Kier alpha value is -1.34. The van der Waals surface area contributed by atoms with Crippen LogP contribution in [0, 0.1) is 23.7 Å². The average molecular weight is 406 g/mol. The number of aromatic nitrogens is 1. The smallest absolute Gasteiger partial charge is 0.268 e. The van der Waals surface area contributed by atoms with Crippen molar-refractivity contribution in [2.24, 2.45) is 30.7 Å². The molecule has 1 aliphatic heterocycles. The molecule has 0 spiro atoms. The molecule has 154 valence electrons. The lowest BCUT2D eigenvalue weighted by Gasteiger charge is -2.54. The Morgan fingerprint density at radius 1 is 1.00 bits per heavy atom. The van der Waals surface area contributed by atoms with Gasteiger partial charge in [0, 0.05) is 32.4 Å². The number of hydrogen-bond donors (Lipinski definition) is 1. The van der Waals surface area contributed by atoms with Crippen LogP contribution in [-0.2, 0) is 17.1 Å². The summed E-state index contributed by atoms with van der Waals surface area (Å²) in [5, 5.41) is 3.30. The maximum absolute atomic E-state index is 13.0. The highest BCUT2D eigenvalue weighted by Gasteiger charge is 2.48. The maximum Gasteiger partial charge on any atom is 0.268 e. The molecule has 1 N–H and O–H groups in total. The van der Waals surface area contributed by atoms with Gasteiger partial charge in [-0.3, -0.25) is 4.79 Å². The summed E-state index contributed by atoms with van der Waals surface area (Å²) in [5.41, 5.74) is 0.449. The van der Waals surface area contributed by atoms with Gasteiger partial charge in [0.25, 0.3) is 5.91 Å². The second-order valence-corrected chi connectivity index (χ2v) is 11.5. The zero-order valence-corrected chi connectivity index (χ0v) is 17.5. The third-order valence-electron chi connectivity index (χ3n) is 7.69. The third kappa shape index (κ3) is 3.11. The molecular weight excluding hydrogens is 374 g/mol. The fourth-order valence-corrected chi connectivity index (χ4v) is 8.13. The SMILES string of the molecule is Cn1cc(S(=O)(=O)N2CCCCC2)cc1C(=O)NC1C2CC3CC(C2)CC1C3. The van der Waals surface area contributed by atoms with E-state index >= 15 is 0 Å². The van der Waals surface area contributed by atoms with Crippen molar-refractivity contribution < 1.29 is 13.2 Å². The highest BCUT2D eigenvalue weighted by molar-refractivity contribution is 7.89. The molecule has 2 heterocycles. The monoisotopic (exact) mass is 405 g/mol. The first kappa shape index (κ1) is 18.7. The van der Waals surface area contributed by atoms with Crippen molar-refractivity contribution in [3.05, 3.63) is 18.0 Å². The van der Waals surface area contributed by atoms with Crippen molar-refractivity contribution in [1.82, 2.24) is 14.2 Å². The molecule has 4 bridgehead atoms. The molecule has 5 aliphatic rings. The van der Waals surface area contributed by atoms with Crippen LogP contribution in [0.1, 0.15) is 61.9 Å². The molecule has 1 amide bonds. The van der Waals surface area contributed by atoms with E-state index in [9.17, 15) is 13.2 Å². The van der Waals surface area contributed by atoms with E-state index in [1.54, 1.807) is 28.2 Å². The van der Waals surface area contributed by atoms with Gasteiger partial charge in [0.15, 0.2) is 0 Å². The fourth-order valence-electron chi connectivity index (χ4n) is 6.54. The molecule has 4 aliphatic carbocycles. The van der Waals surface area contributed by atoms with Gasteiger partial charge in [-0.15, -0.1) is 0 Å². The van der Waals surface area contributed by atoms with Crippen molar-refractivity contribution in [1.29, 1.82) is 0 Å². The molecule has 0 atom stereocenters. The number of carbonyl (C=O) groups excluding carboxylic acids is 1. The maximum atomic E-state index is 13.0. The van der Waals surface area contributed by atoms with Crippen molar-refractivity contribution >= 4 is 15.9 Å². The predicted molar refractivity (Wildman–Crippen MR) is 106 cm³/mol. The molecular formula is C21H31N3O3S. The van der Waals surface area contributed by atoms with Crippen LogP contribution < -0.4 is 5.32 Å². The zero-order chi connectivity index (χ0) is 19.5. The van der Waals surface area contributed by atoms with Crippen LogP contribution in [0.2, 0.25) is 0 Å². The third-order valence-corrected chi connectivity index (χ3v) is 9.55. The first-order valence-electron chi connectivity index (χ1n) is 10.9. The number of hydrogen-bond acceptors (Lipinski definition) is 3. The molecule has 1 aromatic rings. The first-order chi connectivity index (χ1) is 13.4. The summed E-state index contributed by atoms with van der Waals surface area (Å²) in [7, 11) is -1.75. The topological polar surface area (TPSA) is 71.4 Å². The summed E-state index contributed by atoms with van der Waals surface area (Å²) < 4.78 is 29.1. The Labute approximate surface area is 167 Å². The minimum absolute atomic E-state index is 0.125. The molecule has 0 aromatic carbocycles. The second kappa shape index (κ2) is 6.87. The molecule has 0 radical (unpaired) electrons. The van der Waals surface area contributed by atoms with E-state index in [0.717, 1.165) is 31.1 Å². The van der Waals surface area contributed by atoms with Gasteiger partial charge in [-0.05, 0) is 74.7 Å². The molecule has 5 fully saturated rings. The Morgan fingerprint density at radius 3 is 2.21 bits per heavy atom. The van der Waals surface area contributed by atoms with E-state index in [1.165, 1.54) is 32.1 Å². The summed E-state index contributed by atoms with van der Waals surface area (Å²) in [6.07, 6.45) is 10.9. The van der Waals surface area contributed by atoms with Crippen molar-refractivity contribution in [2.45, 2.75) is 62.3 Å². The van der Waals surface area contributed by atoms with Crippen molar-refractivity contribution in [3.8, 4) is 0 Å². The molecule has 6 nitrogen and oxygen atoms in total. The van der Waals surface area contributed by atoms with Gasteiger partial charge >= 0.3 is 0 Å². The quantitative estimate of drug-likeness (QED) is 0.837. The Bertz CT molecular complexity index is 841. The number of carbonyl (C=O) groups is 1. The Balaban J connectivity index is 1.33. The van der Waals surface area contributed by atoms with Gasteiger partial charge < -0.3 is 9.88 Å². The summed E-state index contributed by atoms with van der Waals surface area (Å²) >= 11 is 0. The van der Waals surface area contributed by atoms with Crippen LogP contribution in [0.15, 0.2) is 17.2 Å². The second-order valence-electron chi connectivity index (χ2n) is 9.57. The minimum Gasteiger partial charge on any atom is -0.347 e. The lowest BCUT2D eigenvalue weighted by Crippen LogP contribution is -2.56. The number of nitrogens with zero attached hydrogens (tertiary/aromatic N) is 2. The molecule has 6 rings (SSSR count). The average Bonchev–Trinajstić information content (AvgIpc) is 3.07. The van der Waals surface area contributed by atoms with E-state index in [1.807, 2.05) is 0 Å². The van der Waals surface area contributed by atoms with Crippen LogP contribution in [0.4, 0.5) is 0 Å². The lowest BCUT2D eigenvalue weighted by molar-refractivity contribution is -0.0120. The fraction of sp³-hybridized carbons (Fsp3) is 0.762. The number of sulfonamides is 1. The van der Waals surface area contributed by atoms with Crippen LogP contribution in [0.5, 0.6) is 0 Å². The van der Waals surface area contributed by atoms with E-state index in [2.05, 4.69) is 5.32 Å². The normalized spacial score (nSPS) is 35.2. The molecule has 28 heavy (non-hydrogen) atoms. The number of rotatable bonds is 4. The molecule has 4 saturated carbocycles. The number of piperidine rings is 1. The van der Waals surface area contributed by atoms with E-state index in [4.69, 9.17) is 0 Å². The summed E-state index contributed by atoms with van der Waals surface area (Å²) in [4.78, 5) is 13.3. The van der Waals surface area contributed by atoms with Gasteiger partial charge in [0.2, 0.25) is 10.0 Å². The highest BCUT2D eigenvalue weighted by atomic mass is 32.2. The predicted octanol–water partition coefficient (Wildman–Crippen LogP) is 2.75. The van der Waals surface area contributed by atoms with E-state index in [-0.39, 0.29) is 16.8 Å². The summed E-state index contributed by atoms with van der Waals surface area (Å²) in [6.45, 7) is 1.15. The molecule has 0 unspecified atom stereocenters.